The topological polar surface area (TPSA) is 80.7 Å². The van der Waals surface area contributed by atoms with Gasteiger partial charge < -0.3 is 20.3 Å². The third-order valence-corrected chi connectivity index (χ3v) is 6.90. The van der Waals surface area contributed by atoms with Crippen molar-refractivity contribution in [3.8, 4) is 5.88 Å². The number of rotatable bonds is 3. The molecule has 2 aliphatic heterocycles. The molecule has 180 valence electrons. The lowest BCUT2D eigenvalue weighted by molar-refractivity contribution is -0.117. The van der Waals surface area contributed by atoms with Crippen LogP contribution in [0, 0.1) is 5.82 Å². The lowest BCUT2D eigenvalue weighted by Crippen LogP contribution is -2.27. The van der Waals surface area contributed by atoms with Gasteiger partial charge in [-0.2, -0.15) is 0 Å². The van der Waals surface area contributed by atoms with E-state index in [4.69, 9.17) is 0 Å². The molecule has 3 aromatic rings. The Balaban J connectivity index is 1.44. The van der Waals surface area contributed by atoms with Crippen LogP contribution in [0.5, 0.6) is 5.88 Å². The predicted octanol–water partition coefficient (Wildman–Crippen LogP) is 5.27. The van der Waals surface area contributed by atoms with E-state index < -0.39 is 0 Å². The van der Waals surface area contributed by atoms with E-state index in [9.17, 15) is 14.3 Å². The minimum Gasteiger partial charge on any atom is -0.494 e. The second-order valence-electron chi connectivity index (χ2n) is 9.29. The van der Waals surface area contributed by atoms with Gasteiger partial charge in [-0.1, -0.05) is 30.3 Å². The Kier molecular flexibility index (Phi) is 5.33. The number of carbonyl (C=O) groups is 1. The number of hydrogen-bond donors (Lipinski definition) is 3. The van der Waals surface area contributed by atoms with Gasteiger partial charge >= 0.3 is 0 Å². The standard InChI is InChI=1S/C29H25FN4O2/c1-17-28-26-19(15-31-17)16-34(22-10-7-20(30)8-11-22)24-12-9-21(14-23(24)27(26)29(36)33-28)32-25(35)13-18-5-3-2-4-6-18/h2-12,15,17,31,33,36H,13-14,16H2,1H3. The quantitative estimate of drug-likeness (QED) is 0.477. The first-order valence-corrected chi connectivity index (χ1v) is 12.0. The molecule has 0 spiro atoms. The number of fused-ring (bicyclic) bond motifs is 1. The number of carbonyl (C=O) groups excluding carboxylic acids is 1. The molecule has 1 amide bonds. The third-order valence-electron chi connectivity index (χ3n) is 6.90. The summed E-state index contributed by atoms with van der Waals surface area (Å²) in [5.41, 5.74) is 7.79. The molecule has 3 aliphatic rings. The van der Waals surface area contributed by atoms with E-state index in [-0.39, 0.29) is 30.1 Å². The fourth-order valence-corrected chi connectivity index (χ4v) is 5.19. The normalized spacial score (nSPS) is 19.4. The van der Waals surface area contributed by atoms with Crippen LogP contribution in [0.3, 0.4) is 0 Å². The fraction of sp³-hybridized carbons (Fsp3) is 0.172. The van der Waals surface area contributed by atoms with E-state index in [1.165, 1.54) is 12.1 Å². The average Bonchev–Trinajstić information content (AvgIpc) is 3.15. The molecule has 2 aromatic carbocycles. The SMILES string of the molecule is CC1NC=C2CN(c3ccc(F)cc3)C3=C(CC(=NC(=O)Cc4ccccc4)C=C3)c3c(O)[nH]c1c32. The summed E-state index contributed by atoms with van der Waals surface area (Å²) in [6.07, 6.45) is 6.40. The Bertz CT molecular complexity index is 1480. The van der Waals surface area contributed by atoms with Gasteiger partial charge in [0.1, 0.15) is 5.82 Å². The number of nitrogens with one attached hydrogen (secondary N) is 2. The molecule has 0 saturated heterocycles. The molecule has 3 heterocycles. The van der Waals surface area contributed by atoms with Crippen molar-refractivity contribution in [1.82, 2.24) is 10.3 Å². The van der Waals surface area contributed by atoms with Gasteiger partial charge in [0.05, 0.1) is 19.0 Å². The number of aromatic hydroxyl groups is 1. The van der Waals surface area contributed by atoms with Crippen molar-refractivity contribution in [2.75, 3.05) is 11.4 Å². The highest BCUT2D eigenvalue weighted by atomic mass is 19.1. The fourth-order valence-electron chi connectivity index (χ4n) is 5.19. The number of benzene rings is 2. The van der Waals surface area contributed by atoms with E-state index in [2.05, 4.69) is 20.2 Å². The number of hydrogen-bond acceptors (Lipinski definition) is 4. The number of amides is 1. The number of nitrogens with zero attached hydrogens (tertiary/aromatic N) is 2. The zero-order valence-electron chi connectivity index (χ0n) is 19.8. The van der Waals surface area contributed by atoms with Gasteiger partial charge in [-0.15, -0.1) is 0 Å². The molecule has 1 aromatic heterocycles. The summed E-state index contributed by atoms with van der Waals surface area (Å²) in [6, 6.07) is 16.0. The lowest BCUT2D eigenvalue weighted by atomic mass is 9.89. The molecule has 1 unspecified atom stereocenters. The number of aliphatic imine (C=N–C) groups is 1. The zero-order valence-corrected chi connectivity index (χ0v) is 19.8. The minimum atomic E-state index is -0.299. The van der Waals surface area contributed by atoms with E-state index in [1.807, 2.05) is 55.6 Å². The van der Waals surface area contributed by atoms with Crippen LogP contribution in [0.4, 0.5) is 10.1 Å². The number of H-pyrrole nitrogens is 1. The van der Waals surface area contributed by atoms with Crippen LogP contribution in [0.1, 0.15) is 41.8 Å². The van der Waals surface area contributed by atoms with Crippen LogP contribution < -0.4 is 10.2 Å². The minimum absolute atomic E-state index is 0.00421. The molecule has 6 nitrogen and oxygen atoms in total. The number of allylic oxidation sites excluding steroid dienone is 3. The Hall–Kier alpha value is -4.39. The van der Waals surface area contributed by atoms with E-state index in [1.54, 1.807) is 12.1 Å². The summed E-state index contributed by atoms with van der Waals surface area (Å²) in [5, 5.41) is 14.4. The number of halogens is 1. The summed E-state index contributed by atoms with van der Waals surface area (Å²) in [7, 11) is 0. The van der Waals surface area contributed by atoms with Crippen molar-refractivity contribution in [3.63, 3.8) is 0 Å². The van der Waals surface area contributed by atoms with Crippen molar-refractivity contribution < 1.29 is 14.3 Å². The van der Waals surface area contributed by atoms with Gasteiger partial charge in [-0.05, 0) is 60.1 Å². The number of anilines is 1. The highest BCUT2D eigenvalue weighted by molar-refractivity contribution is 6.11. The lowest BCUT2D eigenvalue weighted by Gasteiger charge is -2.29. The molecule has 6 rings (SSSR count). The molecule has 0 radical (unpaired) electrons. The van der Waals surface area contributed by atoms with Gasteiger partial charge in [0.25, 0.3) is 0 Å². The molecule has 7 heteroatoms. The highest BCUT2D eigenvalue weighted by Gasteiger charge is 2.35. The van der Waals surface area contributed by atoms with Crippen LogP contribution >= 0.6 is 0 Å². The van der Waals surface area contributed by atoms with Gasteiger partial charge in [0.15, 0.2) is 5.88 Å². The smallest absolute Gasteiger partial charge is 0.250 e. The first-order valence-electron chi connectivity index (χ1n) is 12.0. The Morgan fingerprint density at radius 1 is 1.11 bits per heavy atom. The summed E-state index contributed by atoms with van der Waals surface area (Å²) in [4.78, 5) is 22.4. The Labute approximate surface area is 208 Å². The van der Waals surface area contributed by atoms with Crippen molar-refractivity contribution in [2.45, 2.75) is 25.8 Å². The Morgan fingerprint density at radius 3 is 2.67 bits per heavy atom. The van der Waals surface area contributed by atoms with Gasteiger partial charge in [0.2, 0.25) is 5.91 Å². The molecular weight excluding hydrogens is 455 g/mol. The predicted molar refractivity (Wildman–Crippen MR) is 139 cm³/mol. The first kappa shape index (κ1) is 22.1. The molecule has 36 heavy (non-hydrogen) atoms. The largest absolute Gasteiger partial charge is 0.494 e. The van der Waals surface area contributed by atoms with Crippen LogP contribution in [0.15, 0.2) is 83.6 Å². The second-order valence-corrected chi connectivity index (χ2v) is 9.29. The van der Waals surface area contributed by atoms with Crippen molar-refractivity contribution in [1.29, 1.82) is 0 Å². The number of aromatic nitrogens is 1. The van der Waals surface area contributed by atoms with Crippen LogP contribution in [-0.2, 0) is 11.2 Å². The maximum absolute atomic E-state index is 13.7. The Morgan fingerprint density at radius 2 is 1.89 bits per heavy atom. The van der Waals surface area contributed by atoms with Gasteiger partial charge in [-0.25, -0.2) is 9.38 Å². The summed E-state index contributed by atoms with van der Waals surface area (Å²) >= 11 is 0. The van der Waals surface area contributed by atoms with Crippen LogP contribution in [0.2, 0.25) is 0 Å². The summed E-state index contributed by atoms with van der Waals surface area (Å²) in [6.45, 7) is 2.57. The molecule has 1 aliphatic carbocycles. The van der Waals surface area contributed by atoms with Crippen molar-refractivity contribution in [3.05, 3.63) is 107 Å². The van der Waals surface area contributed by atoms with E-state index >= 15 is 0 Å². The number of aromatic amines is 1. The monoisotopic (exact) mass is 480 g/mol. The van der Waals surface area contributed by atoms with Crippen molar-refractivity contribution >= 4 is 28.5 Å². The van der Waals surface area contributed by atoms with Crippen LogP contribution in [-0.4, -0.2) is 28.3 Å². The summed E-state index contributed by atoms with van der Waals surface area (Å²) in [5.74, 6) is -0.417. The van der Waals surface area contributed by atoms with Crippen molar-refractivity contribution in [2.24, 2.45) is 4.99 Å². The maximum Gasteiger partial charge on any atom is 0.250 e. The molecule has 0 bridgehead atoms. The highest BCUT2D eigenvalue weighted by Crippen LogP contribution is 2.47. The molecule has 3 N–H and O–H groups in total. The van der Waals surface area contributed by atoms with Crippen LogP contribution in [0.25, 0.3) is 11.1 Å². The molecule has 1 atom stereocenters. The van der Waals surface area contributed by atoms with E-state index in [0.29, 0.717) is 18.7 Å². The first-order chi connectivity index (χ1) is 17.5. The molecular formula is C29H25FN4O2. The van der Waals surface area contributed by atoms with Gasteiger partial charge in [-0.3, -0.25) is 4.79 Å². The van der Waals surface area contributed by atoms with Gasteiger partial charge in [0, 0.05) is 46.5 Å². The third kappa shape index (κ3) is 3.82. The second kappa shape index (κ2) is 8.68. The molecule has 0 saturated carbocycles. The average molecular weight is 481 g/mol. The summed E-state index contributed by atoms with van der Waals surface area (Å²) < 4.78 is 13.7. The molecule has 0 fully saturated rings. The zero-order chi connectivity index (χ0) is 24.8. The maximum atomic E-state index is 13.7. The van der Waals surface area contributed by atoms with E-state index in [0.717, 1.165) is 44.9 Å².